The van der Waals surface area contributed by atoms with Gasteiger partial charge in [-0.3, -0.25) is 4.79 Å². The molecule has 0 spiro atoms. The van der Waals surface area contributed by atoms with Gasteiger partial charge in [0.2, 0.25) is 0 Å². The highest BCUT2D eigenvalue weighted by molar-refractivity contribution is 5.65. The van der Waals surface area contributed by atoms with Gasteiger partial charge in [-0.05, 0) is 30.5 Å². The summed E-state index contributed by atoms with van der Waals surface area (Å²) in [6.07, 6.45) is 1.54. The van der Waals surface area contributed by atoms with Gasteiger partial charge in [0.1, 0.15) is 0 Å². The summed E-state index contributed by atoms with van der Waals surface area (Å²) < 4.78 is 9.82. The Morgan fingerprint density at radius 2 is 2.19 bits per heavy atom. The number of carbonyl (C=O) groups excluding carboxylic acids is 1. The second kappa shape index (κ2) is 6.00. The highest BCUT2D eigenvalue weighted by atomic mass is 16.5. The second-order valence-corrected chi connectivity index (χ2v) is 3.45. The van der Waals surface area contributed by atoms with E-state index in [0.717, 1.165) is 18.4 Å². The summed E-state index contributed by atoms with van der Waals surface area (Å²) >= 11 is 0. The monoisotopic (exact) mass is 224 g/mol. The van der Waals surface area contributed by atoms with Gasteiger partial charge in [-0.1, -0.05) is 6.07 Å². The minimum Gasteiger partial charge on any atom is -0.504 e. The number of aromatic hydroxyl groups is 1. The number of carbonyl (C=O) groups is 1. The van der Waals surface area contributed by atoms with E-state index in [9.17, 15) is 9.90 Å². The summed E-state index contributed by atoms with van der Waals surface area (Å²) in [5.41, 5.74) is 1.04. The van der Waals surface area contributed by atoms with Gasteiger partial charge in [0.15, 0.2) is 11.5 Å². The molecule has 0 aliphatic rings. The average Bonchev–Trinajstić information content (AvgIpc) is 2.26. The number of hydrogen-bond acceptors (Lipinski definition) is 4. The predicted molar refractivity (Wildman–Crippen MR) is 59.6 cm³/mol. The van der Waals surface area contributed by atoms with Crippen molar-refractivity contribution in [3.8, 4) is 11.5 Å². The molecule has 1 rings (SSSR count). The van der Waals surface area contributed by atoms with E-state index in [-0.39, 0.29) is 11.7 Å². The molecule has 0 fully saturated rings. The summed E-state index contributed by atoms with van der Waals surface area (Å²) in [4.78, 5) is 10.5. The van der Waals surface area contributed by atoms with Gasteiger partial charge in [-0.25, -0.2) is 0 Å². The third-order valence-electron chi connectivity index (χ3n) is 2.16. The third kappa shape index (κ3) is 3.81. The van der Waals surface area contributed by atoms with E-state index < -0.39 is 0 Å². The fourth-order valence-corrected chi connectivity index (χ4v) is 1.37. The Morgan fingerprint density at radius 1 is 1.44 bits per heavy atom. The number of ether oxygens (including phenoxy) is 2. The molecule has 1 aromatic rings. The molecule has 0 aromatic heterocycles. The molecule has 16 heavy (non-hydrogen) atoms. The lowest BCUT2D eigenvalue weighted by Crippen LogP contribution is -2.01. The zero-order valence-electron chi connectivity index (χ0n) is 9.53. The molecule has 0 aliphatic heterocycles. The molecule has 1 N–H and O–H groups in total. The fourth-order valence-electron chi connectivity index (χ4n) is 1.37. The molecule has 0 saturated carbocycles. The summed E-state index contributed by atoms with van der Waals surface area (Å²) in [6.45, 7) is 1.81. The lowest BCUT2D eigenvalue weighted by Gasteiger charge is -2.06. The van der Waals surface area contributed by atoms with Crippen molar-refractivity contribution in [2.75, 3.05) is 13.7 Å². The first-order chi connectivity index (χ1) is 7.63. The van der Waals surface area contributed by atoms with Crippen molar-refractivity contribution in [2.24, 2.45) is 0 Å². The molecule has 0 amide bonds. The molecule has 0 radical (unpaired) electrons. The molecule has 0 saturated heterocycles. The van der Waals surface area contributed by atoms with Crippen molar-refractivity contribution in [2.45, 2.75) is 19.8 Å². The summed E-state index contributed by atoms with van der Waals surface area (Å²) in [6, 6.07) is 5.20. The van der Waals surface area contributed by atoms with Gasteiger partial charge in [-0.15, -0.1) is 0 Å². The molecule has 4 nitrogen and oxygen atoms in total. The zero-order chi connectivity index (χ0) is 12.0. The van der Waals surface area contributed by atoms with Gasteiger partial charge in [0.05, 0.1) is 13.7 Å². The Balaban J connectivity index is 2.45. The first-order valence-electron chi connectivity index (χ1n) is 5.12. The van der Waals surface area contributed by atoms with Gasteiger partial charge >= 0.3 is 5.97 Å². The molecular formula is C12H16O4. The molecule has 0 bridgehead atoms. The Bertz CT molecular complexity index is 360. The minimum atomic E-state index is -0.261. The summed E-state index contributed by atoms with van der Waals surface area (Å²) in [5.74, 6) is 0.333. The fraction of sp³-hybridized carbons (Fsp3) is 0.417. The van der Waals surface area contributed by atoms with Gasteiger partial charge < -0.3 is 14.6 Å². The van der Waals surface area contributed by atoms with Gasteiger partial charge in [-0.2, -0.15) is 0 Å². The number of esters is 1. The molecule has 0 heterocycles. The van der Waals surface area contributed by atoms with Crippen molar-refractivity contribution >= 4 is 5.97 Å². The van der Waals surface area contributed by atoms with Crippen molar-refractivity contribution in [3.63, 3.8) is 0 Å². The predicted octanol–water partition coefficient (Wildman–Crippen LogP) is 1.90. The van der Waals surface area contributed by atoms with Crippen LogP contribution in [0.1, 0.15) is 18.9 Å². The average molecular weight is 224 g/mol. The number of phenolic OH excluding ortho intramolecular Hbond substituents is 1. The molecule has 0 unspecified atom stereocenters. The second-order valence-electron chi connectivity index (χ2n) is 3.45. The lowest BCUT2D eigenvalue weighted by molar-refractivity contribution is -0.141. The Morgan fingerprint density at radius 3 is 2.81 bits per heavy atom. The lowest BCUT2D eigenvalue weighted by atomic mass is 10.1. The number of methoxy groups -OCH3 is 1. The van der Waals surface area contributed by atoms with E-state index in [2.05, 4.69) is 0 Å². The summed E-state index contributed by atoms with van der Waals surface area (Å²) in [7, 11) is 1.51. The zero-order valence-corrected chi connectivity index (χ0v) is 9.53. The minimum absolute atomic E-state index is 0.131. The van der Waals surface area contributed by atoms with Crippen LogP contribution in [0.5, 0.6) is 11.5 Å². The molecule has 88 valence electrons. The van der Waals surface area contributed by atoms with Crippen molar-refractivity contribution in [1.82, 2.24) is 0 Å². The number of hydrogen-bond donors (Lipinski definition) is 1. The number of benzene rings is 1. The van der Waals surface area contributed by atoms with Crippen molar-refractivity contribution < 1.29 is 19.4 Å². The van der Waals surface area contributed by atoms with Crippen LogP contribution in [0.3, 0.4) is 0 Å². The molecule has 4 heteroatoms. The van der Waals surface area contributed by atoms with Crippen LogP contribution >= 0.6 is 0 Å². The van der Waals surface area contributed by atoms with Crippen LogP contribution < -0.4 is 4.74 Å². The SMILES string of the molecule is COc1cc(CCCOC(C)=O)ccc1O. The van der Waals surface area contributed by atoms with E-state index in [1.165, 1.54) is 14.0 Å². The van der Waals surface area contributed by atoms with E-state index in [1.807, 2.05) is 6.07 Å². The maximum absolute atomic E-state index is 10.5. The van der Waals surface area contributed by atoms with Gasteiger partial charge in [0.25, 0.3) is 0 Å². The normalized spacial score (nSPS) is 9.88. The molecular weight excluding hydrogens is 208 g/mol. The van der Waals surface area contributed by atoms with Crippen molar-refractivity contribution in [3.05, 3.63) is 23.8 Å². The largest absolute Gasteiger partial charge is 0.504 e. The van der Waals surface area contributed by atoms with Crippen LogP contribution in [0.4, 0.5) is 0 Å². The van der Waals surface area contributed by atoms with Gasteiger partial charge in [0, 0.05) is 6.92 Å². The number of phenols is 1. The van der Waals surface area contributed by atoms with E-state index >= 15 is 0 Å². The standard InChI is InChI=1S/C12H16O4/c1-9(13)16-7-3-4-10-5-6-11(14)12(8-10)15-2/h5-6,8,14H,3-4,7H2,1-2H3. The van der Waals surface area contributed by atoms with Crippen LogP contribution in [-0.2, 0) is 16.0 Å². The van der Waals surface area contributed by atoms with E-state index in [0.29, 0.717) is 12.4 Å². The highest BCUT2D eigenvalue weighted by Gasteiger charge is 2.02. The number of rotatable bonds is 5. The Labute approximate surface area is 94.8 Å². The topological polar surface area (TPSA) is 55.8 Å². The van der Waals surface area contributed by atoms with Crippen molar-refractivity contribution in [1.29, 1.82) is 0 Å². The van der Waals surface area contributed by atoms with Crippen LogP contribution in [0.25, 0.3) is 0 Å². The van der Waals surface area contributed by atoms with Crippen LogP contribution in [0.2, 0.25) is 0 Å². The van der Waals surface area contributed by atoms with Crippen LogP contribution in [-0.4, -0.2) is 24.8 Å². The van der Waals surface area contributed by atoms with Crippen LogP contribution in [0.15, 0.2) is 18.2 Å². The Kier molecular flexibility index (Phi) is 4.64. The molecule has 1 aromatic carbocycles. The smallest absolute Gasteiger partial charge is 0.302 e. The molecule has 0 aliphatic carbocycles. The maximum Gasteiger partial charge on any atom is 0.302 e. The van der Waals surface area contributed by atoms with E-state index in [1.54, 1.807) is 12.1 Å². The van der Waals surface area contributed by atoms with E-state index in [4.69, 9.17) is 9.47 Å². The number of aryl methyl sites for hydroxylation is 1. The first kappa shape index (κ1) is 12.4. The van der Waals surface area contributed by atoms with Crippen LogP contribution in [0, 0.1) is 0 Å². The summed E-state index contributed by atoms with van der Waals surface area (Å²) in [5, 5.41) is 9.38. The molecule has 0 atom stereocenters. The third-order valence-corrected chi connectivity index (χ3v) is 2.16. The quantitative estimate of drug-likeness (QED) is 0.613. The Hall–Kier alpha value is -1.71. The highest BCUT2D eigenvalue weighted by Crippen LogP contribution is 2.26. The maximum atomic E-state index is 10.5. The first-order valence-corrected chi connectivity index (χ1v) is 5.12.